The van der Waals surface area contributed by atoms with Crippen molar-refractivity contribution in [3.05, 3.63) is 34.9 Å². The number of benzene rings is 1. The first kappa shape index (κ1) is 18.2. The minimum absolute atomic E-state index is 0.0737. The van der Waals surface area contributed by atoms with Gasteiger partial charge < -0.3 is 15.3 Å². The number of amides is 2. The minimum atomic E-state index is -0.955. The zero-order valence-corrected chi connectivity index (χ0v) is 14.1. The van der Waals surface area contributed by atoms with E-state index in [9.17, 15) is 14.7 Å². The molecule has 122 valence electrons. The molecule has 1 aromatic rings. The molecular weight excluding hydrogens is 280 g/mol. The highest BCUT2D eigenvalue weighted by molar-refractivity contribution is 5.96. The van der Waals surface area contributed by atoms with Gasteiger partial charge >= 0.3 is 0 Å². The van der Waals surface area contributed by atoms with Crippen molar-refractivity contribution in [2.75, 3.05) is 19.6 Å². The maximum Gasteiger partial charge on any atom is 0.251 e. The lowest BCUT2D eigenvalue weighted by Crippen LogP contribution is -2.46. The summed E-state index contributed by atoms with van der Waals surface area (Å²) >= 11 is 0. The van der Waals surface area contributed by atoms with Crippen LogP contribution in [0.15, 0.2) is 18.2 Å². The zero-order chi connectivity index (χ0) is 16.9. The molecule has 5 nitrogen and oxygen atoms in total. The fraction of sp³-hybridized carbons (Fsp3) is 0.529. The van der Waals surface area contributed by atoms with E-state index in [4.69, 9.17) is 0 Å². The van der Waals surface area contributed by atoms with E-state index in [1.165, 1.54) is 4.90 Å². The normalized spacial score (nSPS) is 11.2. The predicted octanol–water partition coefficient (Wildman–Crippen LogP) is 1.65. The third kappa shape index (κ3) is 5.48. The molecule has 1 aromatic carbocycles. The van der Waals surface area contributed by atoms with Gasteiger partial charge in [0.05, 0.1) is 12.1 Å². The summed E-state index contributed by atoms with van der Waals surface area (Å²) in [5.41, 5.74) is 1.75. The molecule has 22 heavy (non-hydrogen) atoms. The van der Waals surface area contributed by atoms with Crippen LogP contribution >= 0.6 is 0 Å². The van der Waals surface area contributed by atoms with Gasteiger partial charge in [0, 0.05) is 18.7 Å². The van der Waals surface area contributed by atoms with E-state index in [0.29, 0.717) is 12.1 Å². The largest absolute Gasteiger partial charge is 0.389 e. The van der Waals surface area contributed by atoms with Gasteiger partial charge in [0.15, 0.2) is 0 Å². The van der Waals surface area contributed by atoms with Gasteiger partial charge in [-0.1, -0.05) is 6.07 Å². The Balaban J connectivity index is 2.62. The summed E-state index contributed by atoms with van der Waals surface area (Å²) < 4.78 is 0. The number of likely N-dealkylation sites (N-methyl/N-ethyl adjacent to an activating group) is 1. The molecule has 0 unspecified atom stereocenters. The first-order valence-corrected chi connectivity index (χ1v) is 7.49. The highest BCUT2D eigenvalue weighted by Crippen LogP contribution is 2.10. The maximum atomic E-state index is 12.1. The van der Waals surface area contributed by atoms with E-state index in [2.05, 4.69) is 5.32 Å². The molecular formula is C17H26N2O3. The van der Waals surface area contributed by atoms with Crippen molar-refractivity contribution in [1.29, 1.82) is 0 Å². The van der Waals surface area contributed by atoms with Crippen molar-refractivity contribution in [2.45, 2.75) is 40.2 Å². The lowest BCUT2D eigenvalue weighted by Gasteiger charge is -2.28. The number of nitrogens with one attached hydrogen (secondary N) is 1. The number of aryl methyl sites for hydroxylation is 2. The van der Waals surface area contributed by atoms with Crippen LogP contribution in [0.4, 0.5) is 0 Å². The van der Waals surface area contributed by atoms with Crippen molar-refractivity contribution in [1.82, 2.24) is 10.2 Å². The van der Waals surface area contributed by atoms with Gasteiger partial charge in [-0.05, 0) is 57.9 Å². The van der Waals surface area contributed by atoms with Crippen LogP contribution in [-0.4, -0.2) is 47.1 Å². The molecule has 0 aliphatic heterocycles. The maximum absolute atomic E-state index is 12.1. The van der Waals surface area contributed by atoms with Crippen LogP contribution in [0.5, 0.6) is 0 Å². The molecule has 0 atom stereocenters. The summed E-state index contributed by atoms with van der Waals surface area (Å²) in [6.45, 7) is 9.72. The Hall–Kier alpha value is -1.88. The first-order chi connectivity index (χ1) is 10.1. The Kier molecular flexibility index (Phi) is 6.11. The quantitative estimate of drug-likeness (QED) is 0.839. The number of hydrogen-bond acceptors (Lipinski definition) is 3. The summed E-state index contributed by atoms with van der Waals surface area (Å²) in [6, 6.07) is 5.44. The molecule has 1 rings (SSSR count). The summed E-state index contributed by atoms with van der Waals surface area (Å²) in [4.78, 5) is 25.7. The van der Waals surface area contributed by atoms with Gasteiger partial charge in [0.2, 0.25) is 5.91 Å². The lowest BCUT2D eigenvalue weighted by atomic mass is 10.1. The molecule has 0 saturated carbocycles. The van der Waals surface area contributed by atoms with Gasteiger partial charge in [-0.2, -0.15) is 0 Å². The SMILES string of the molecule is CCN(CC(C)(C)O)C(=O)CNC(=O)c1ccc(C)c(C)c1. The Bertz CT molecular complexity index is 547. The molecule has 0 bridgehead atoms. The molecule has 0 saturated heterocycles. The average molecular weight is 306 g/mol. The second-order valence-corrected chi connectivity index (χ2v) is 6.20. The topological polar surface area (TPSA) is 69.6 Å². The third-order valence-corrected chi connectivity index (χ3v) is 3.48. The predicted molar refractivity (Wildman–Crippen MR) is 86.8 cm³/mol. The van der Waals surface area contributed by atoms with Crippen LogP contribution in [-0.2, 0) is 4.79 Å². The molecule has 0 radical (unpaired) electrons. The van der Waals surface area contributed by atoms with Crippen LogP contribution in [0.25, 0.3) is 0 Å². The van der Waals surface area contributed by atoms with Gasteiger partial charge in [0.25, 0.3) is 5.91 Å². The monoisotopic (exact) mass is 306 g/mol. The van der Waals surface area contributed by atoms with Gasteiger partial charge in [0.1, 0.15) is 0 Å². The molecule has 0 aliphatic rings. The molecule has 5 heteroatoms. The van der Waals surface area contributed by atoms with Crippen molar-refractivity contribution in [3.63, 3.8) is 0 Å². The van der Waals surface area contributed by atoms with Crippen molar-refractivity contribution in [2.24, 2.45) is 0 Å². The van der Waals surface area contributed by atoms with Gasteiger partial charge in [-0.3, -0.25) is 9.59 Å². The Morgan fingerprint density at radius 2 is 1.86 bits per heavy atom. The van der Waals surface area contributed by atoms with Gasteiger partial charge in [-0.25, -0.2) is 0 Å². The summed E-state index contributed by atoms with van der Waals surface area (Å²) in [7, 11) is 0. The van der Waals surface area contributed by atoms with E-state index in [0.717, 1.165) is 11.1 Å². The number of rotatable bonds is 6. The van der Waals surface area contributed by atoms with Crippen LogP contribution in [0.1, 0.15) is 42.3 Å². The van der Waals surface area contributed by atoms with Gasteiger partial charge in [-0.15, -0.1) is 0 Å². The fourth-order valence-corrected chi connectivity index (χ4v) is 2.10. The number of aliphatic hydroxyl groups is 1. The van der Waals surface area contributed by atoms with E-state index < -0.39 is 5.60 Å². The van der Waals surface area contributed by atoms with Crippen LogP contribution in [0, 0.1) is 13.8 Å². The van der Waals surface area contributed by atoms with Crippen molar-refractivity contribution >= 4 is 11.8 Å². The Labute approximate surface area is 132 Å². The smallest absolute Gasteiger partial charge is 0.251 e. The van der Waals surface area contributed by atoms with Crippen molar-refractivity contribution in [3.8, 4) is 0 Å². The Morgan fingerprint density at radius 3 is 2.36 bits per heavy atom. The summed E-state index contributed by atoms with van der Waals surface area (Å²) in [5.74, 6) is -0.474. The summed E-state index contributed by atoms with van der Waals surface area (Å²) in [6.07, 6.45) is 0. The van der Waals surface area contributed by atoms with Crippen LogP contribution in [0.2, 0.25) is 0 Å². The molecule has 2 N–H and O–H groups in total. The first-order valence-electron chi connectivity index (χ1n) is 7.49. The number of nitrogens with zero attached hydrogens (tertiary/aromatic N) is 1. The standard InChI is InChI=1S/C17H26N2O3/c1-6-19(11-17(4,5)22)15(20)10-18-16(21)14-8-7-12(2)13(3)9-14/h7-9,22H,6,10-11H2,1-5H3,(H,18,21). The highest BCUT2D eigenvalue weighted by Gasteiger charge is 2.21. The Morgan fingerprint density at radius 1 is 1.23 bits per heavy atom. The van der Waals surface area contributed by atoms with E-state index in [1.54, 1.807) is 19.9 Å². The second kappa shape index (κ2) is 7.40. The molecule has 0 aromatic heterocycles. The van der Waals surface area contributed by atoms with E-state index >= 15 is 0 Å². The average Bonchev–Trinajstić information content (AvgIpc) is 2.43. The molecule has 0 aliphatic carbocycles. The van der Waals surface area contributed by atoms with Crippen molar-refractivity contribution < 1.29 is 14.7 Å². The number of carbonyl (C=O) groups is 2. The molecule has 0 spiro atoms. The minimum Gasteiger partial charge on any atom is -0.389 e. The van der Waals surface area contributed by atoms with E-state index in [1.807, 2.05) is 32.9 Å². The molecule has 2 amide bonds. The molecule has 0 fully saturated rings. The lowest BCUT2D eigenvalue weighted by molar-refractivity contribution is -0.132. The highest BCUT2D eigenvalue weighted by atomic mass is 16.3. The van der Waals surface area contributed by atoms with Crippen LogP contribution < -0.4 is 5.32 Å². The molecule has 0 heterocycles. The fourth-order valence-electron chi connectivity index (χ4n) is 2.10. The van der Waals surface area contributed by atoms with E-state index in [-0.39, 0.29) is 24.9 Å². The second-order valence-electron chi connectivity index (χ2n) is 6.20. The third-order valence-electron chi connectivity index (χ3n) is 3.48. The zero-order valence-electron chi connectivity index (χ0n) is 14.1. The number of carbonyl (C=O) groups excluding carboxylic acids is 2. The van der Waals surface area contributed by atoms with Crippen LogP contribution in [0.3, 0.4) is 0 Å². The summed E-state index contributed by atoms with van der Waals surface area (Å²) in [5, 5.41) is 12.4. The number of hydrogen-bond donors (Lipinski definition) is 2.